The molecule has 6 rings (SSSR count). The number of carbonyl (C=O) groups excluding carboxylic acids is 2. The summed E-state index contributed by atoms with van der Waals surface area (Å²) in [5.74, 6) is -3.48. The molecule has 0 saturated heterocycles. The van der Waals surface area contributed by atoms with Crippen LogP contribution in [0.25, 0.3) is 11.4 Å². The van der Waals surface area contributed by atoms with Crippen LogP contribution in [0.2, 0.25) is 0 Å². The van der Waals surface area contributed by atoms with Crippen molar-refractivity contribution >= 4 is 56.4 Å². The molecule has 60 heavy (non-hydrogen) atoms. The number of hydrogen-bond acceptors (Lipinski definition) is 14. The molecular weight excluding hydrogens is 861 g/mol. The Morgan fingerprint density at radius 2 is 1.15 bits per heavy atom. The van der Waals surface area contributed by atoms with Crippen molar-refractivity contribution in [3.05, 3.63) is 153 Å². The number of carbonyl (C=O) groups is 2. The molecule has 0 aliphatic carbocycles. The Balaban J connectivity index is 0.000000394. The number of carboxylic acid groups (broad SMARTS) is 2. The first-order valence-corrected chi connectivity index (χ1v) is 17.7. The Morgan fingerprint density at radius 1 is 0.683 bits per heavy atom. The molecule has 0 fully saturated rings. The first-order chi connectivity index (χ1) is 27.1. The SMILES string of the molecule is C=CC([O-])=Nc1ccc(-n2[nH]c(C)c(N=Nc3ccccc3C(=O)[O-])c2=O)cc1.Cc1[nH]n(-c2ccccc2)c(=O)c1N=Nc1cc(S(=O)(=O)O)ccc1C(=O)[O-].[Cr+3].[Na+].[Na+]. The monoisotopic (exact) mass is 888 g/mol. The number of nitrogens with one attached hydrogen (secondary N) is 2. The van der Waals surface area contributed by atoms with Crippen LogP contribution in [0, 0.1) is 13.8 Å². The fraction of sp³-hybridized carbons (Fsp3) is 0.0541. The van der Waals surface area contributed by atoms with Gasteiger partial charge in [0.25, 0.3) is 21.2 Å². The second-order valence-electron chi connectivity index (χ2n) is 11.6. The molecule has 23 heteroatoms. The molecule has 6 aromatic rings. The Morgan fingerprint density at radius 3 is 1.65 bits per heavy atom. The third kappa shape index (κ3) is 12.4. The van der Waals surface area contributed by atoms with Gasteiger partial charge in [0.05, 0.1) is 56.7 Å². The van der Waals surface area contributed by atoms with Crippen LogP contribution in [0.3, 0.4) is 0 Å². The molecule has 0 amide bonds. The summed E-state index contributed by atoms with van der Waals surface area (Å²) in [6.45, 7) is 6.57. The second-order valence-corrected chi connectivity index (χ2v) is 13.0. The van der Waals surface area contributed by atoms with Crippen LogP contribution in [0.15, 0.2) is 150 Å². The zero-order valence-electron chi connectivity index (χ0n) is 32.1. The quantitative estimate of drug-likeness (QED) is 0.0399. The van der Waals surface area contributed by atoms with E-state index in [4.69, 9.17) is 4.55 Å². The van der Waals surface area contributed by atoms with Gasteiger partial charge in [-0.05, 0) is 80.4 Å². The van der Waals surface area contributed by atoms with Crippen molar-refractivity contribution in [3.8, 4) is 11.4 Å². The van der Waals surface area contributed by atoms with Gasteiger partial charge in [0.1, 0.15) is 0 Å². The van der Waals surface area contributed by atoms with E-state index < -0.39 is 49.5 Å². The summed E-state index contributed by atoms with van der Waals surface area (Å²) in [4.78, 5) is 50.9. The third-order valence-corrected chi connectivity index (χ3v) is 8.59. The van der Waals surface area contributed by atoms with Gasteiger partial charge in [-0.2, -0.15) is 8.42 Å². The van der Waals surface area contributed by atoms with Crippen LogP contribution in [0.5, 0.6) is 0 Å². The summed E-state index contributed by atoms with van der Waals surface area (Å²) in [6.07, 6.45) is 1.10. The van der Waals surface area contributed by atoms with Crippen LogP contribution in [0.1, 0.15) is 32.1 Å². The smallest absolute Gasteiger partial charge is 0.859 e. The molecule has 0 spiro atoms. The van der Waals surface area contributed by atoms with E-state index in [2.05, 4.69) is 42.2 Å². The third-order valence-electron chi connectivity index (χ3n) is 7.74. The van der Waals surface area contributed by atoms with Gasteiger partial charge in [0.2, 0.25) is 0 Å². The second kappa shape index (κ2) is 22.3. The number of azo groups is 2. The molecule has 19 nitrogen and oxygen atoms in total. The molecule has 0 aliphatic heterocycles. The predicted molar refractivity (Wildman–Crippen MR) is 199 cm³/mol. The van der Waals surface area contributed by atoms with Crippen LogP contribution in [0.4, 0.5) is 28.4 Å². The average Bonchev–Trinajstić information content (AvgIpc) is 3.64. The van der Waals surface area contributed by atoms with E-state index in [1.54, 1.807) is 74.5 Å². The molecule has 0 unspecified atom stereocenters. The molecule has 0 saturated carbocycles. The van der Waals surface area contributed by atoms with Gasteiger partial charge in [-0.3, -0.25) is 29.3 Å². The van der Waals surface area contributed by atoms with Crippen LogP contribution >= 0.6 is 0 Å². The van der Waals surface area contributed by atoms with Crippen molar-refractivity contribution < 1.29 is 114 Å². The minimum atomic E-state index is -4.59. The molecule has 0 bridgehead atoms. The van der Waals surface area contributed by atoms with E-state index in [0.717, 1.165) is 24.3 Å². The Hall–Kier alpha value is -5.31. The maximum absolute atomic E-state index is 12.7. The number of aromatic carboxylic acids is 2. The molecule has 3 N–H and O–H groups in total. The van der Waals surface area contributed by atoms with Crippen molar-refractivity contribution in [2.45, 2.75) is 18.7 Å². The maximum atomic E-state index is 12.7. The molecule has 2 aromatic heterocycles. The number of aromatic nitrogens is 4. The number of nitrogens with zero attached hydrogens (tertiary/aromatic N) is 7. The number of benzene rings is 4. The molecular formula is C37H28CrN9Na2O10S+2. The van der Waals surface area contributed by atoms with Crippen molar-refractivity contribution in [1.82, 2.24) is 19.6 Å². The van der Waals surface area contributed by atoms with Gasteiger partial charge < -0.3 is 24.9 Å². The van der Waals surface area contributed by atoms with E-state index in [1.807, 2.05) is 0 Å². The van der Waals surface area contributed by atoms with Gasteiger partial charge in [-0.15, -0.1) is 20.5 Å². The van der Waals surface area contributed by atoms with Gasteiger partial charge in [0, 0.05) is 11.1 Å². The van der Waals surface area contributed by atoms with Gasteiger partial charge >= 0.3 is 76.5 Å². The van der Waals surface area contributed by atoms with E-state index in [0.29, 0.717) is 28.5 Å². The molecule has 293 valence electrons. The van der Waals surface area contributed by atoms with Crippen molar-refractivity contribution in [2.24, 2.45) is 25.4 Å². The fourth-order valence-corrected chi connectivity index (χ4v) is 5.47. The van der Waals surface area contributed by atoms with E-state index in [9.17, 15) is 42.9 Å². The minimum Gasteiger partial charge on any atom is -0.859 e. The summed E-state index contributed by atoms with van der Waals surface area (Å²) >= 11 is 0. The van der Waals surface area contributed by atoms with Crippen LogP contribution in [-0.4, -0.2) is 50.4 Å². The molecule has 0 atom stereocenters. The first kappa shape index (κ1) is 50.8. The molecule has 2 heterocycles. The Bertz CT molecular complexity index is 2840. The van der Waals surface area contributed by atoms with Gasteiger partial charge in [-0.25, -0.2) is 9.36 Å². The Kier molecular flexibility index (Phi) is 18.9. The number of aryl methyl sites for hydroxylation is 2. The summed E-state index contributed by atoms with van der Waals surface area (Å²) in [5.41, 5.74) is 0.342. The fourth-order valence-electron chi connectivity index (χ4n) is 4.97. The van der Waals surface area contributed by atoms with E-state index in [-0.39, 0.29) is 105 Å². The summed E-state index contributed by atoms with van der Waals surface area (Å²) in [7, 11) is -4.59. The molecule has 4 aromatic carbocycles. The minimum absolute atomic E-state index is 0. The summed E-state index contributed by atoms with van der Waals surface area (Å²) in [6, 6.07) is 23.6. The number of rotatable bonds is 11. The van der Waals surface area contributed by atoms with Crippen molar-refractivity contribution in [1.29, 1.82) is 0 Å². The zero-order valence-corrected chi connectivity index (χ0v) is 38.2. The van der Waals surface area contributed by atoms with Crippen LogP contribution < -0.4 is 85.6 Å². The molecule has 1 radical (unpaired) electrons. The van der Waals surface area contributed by atoms with E-state index in [1.165, 1.54) is 27.6 Å². The predicted octanol–water partition coefficient (Wildman–Crippen LogP) is -2.67. The normalized spacial score (nSPS) is 11.2. The topological polar surface area (TPSA) is 295 Å². The number of H-pyrrole nitrogens is 2. The van der Waals surface area contributed by atoms with Crippen LogP contribution in [-0.2, 0) is 27.5 Å². The van der Waals surface area contributed by atoms with E-state index >= 15 is 0 Å². The number of para-hydroxylation sites is 1. The first-order valence-electron chi connectivity index (χ1n) is 16.2. The van der Waals surface area contributed by atoms with Crippen molar-refractivity contribution in [2.75, 3.05) is 0 Å². The Labute approximate surface area is 395 Å². The number of aromatic amines is 2. The zero-order chi connectivity index (χ0) is 41.4. The van der Waals surface area contributed by atoms with Crippen molar-refractivity contribution in [3.63, 3.8) is 0 Å². The van der Waals surface area contributed by atoms with Gasteiger partial charge in [-0.1, -0.05) is 49.1 Å². The summed E-state index contributed by atoms with van der Waals surface area (Å²) in [5, 5.41) is 54.7. The molecule has 0 aliphatic rings. The number of hydrogen-bond donors (Lipinski definition) is 3. The average molecular weight is 889 g/mol. The largest absolute Gasteiger partial charge is 3.00 e. The number of carboxylic acids is 2. The maximum Gasteiger partial charge on any atom is 3.00 e. The number of aliphatic imine (C=N–C) groups is 1. The summed E-state index contributed by atoms with van der Waals surface area (Å²) < 4.78 is 34.2. The standard InChI is InChI=1S/C20H17N5O4.C17H14N4O6S.Cr.2Na/c1-3-17(26)21-13-8-10-14(11-9-13)25-19(27)18(12(2)24-25)23-22-16-7-5-4-6-15(16)20(28)29;1-10-15(16(22)21(20-10)11-5-3-2-4-6-11)19-18-14-9-12(28(25,26)27)7-8-13(14)17(23)24;;;/h3-11,24H,1H2,2H3,(H,21,26)(H,28,29);2-9,20H,1H3,(H,23,24)(H,25,26,27);;;/q;;+3;2*+1/p-3. The van der Waals surface area contributed by atoms with Gasteiger partial charge in [0.15, 0.2) is 11.4 Å².